The second kappa shape index (κ2) is 9.49. The number of aromatic nitrogens is 3. The van der Waals surface area contributed by atoms with E-state index in [-0.39, 0.29) is 6.04 Å². The summed E-state index contributed by atoms with van der Waals surface area (Å²) < 4.78 is 12.7. The maximum atomic E-state index is 12.3. The van der Waals surface area contributed by atoms with Crippen molar-refractivity contribution in [1.29, 1.82) is 0 Å². The third-order valence-electron chi connectivity index (χ3n) is 5.24. The molecule has 0 bridgehead atoms. The number of rotatable bonds is 8. The van der Waals surface area contributed by atoms with Crippen LogP contribution in [0.5, 0.6) is 5.75 Å². The fourth-order valence-electron chi connectivity index (χ4n) is 3.61. The minimum absolute atomic E-state index is 0.259. The molecule has 0 aliphatic rings. The number of fused-ring (bicyclic) bond motifs is 1. The van der Waals surface area contributed by atoms with Gasteiger partial charge in [-0.05, 0) is 55.0 Å². The van der Waals surface area contributed by atoms with E-state index in [0.717, 1.165) is 22.2 Å². The number of carbonyl (C=O) groups excluding carboxylic acids is 1. The van der Waals surface area contributed by atoms with Crippen LogP contribution in [0.3, 0.4) is 0 Å². The molecule has 8 nitrogen and oxygen atoms in total. The number of para-hydroxylation sites is 2. The minimum atomic E-state index is -0.537. The lowest BCUT2D eigenvalue weighted by Crippen LogP contribution is -2.37. The van der Waals surface area contributed by atoms with Crippen LogP contribution in [0.4, 0.5) is 10.5 Å². The van der Waals surface area contributed by atoms with E-state index >= 15 is 0 Å². The highest BCUT2D eigenvalue weighted by molar-refractivity contribution is 5.94. The molecule has 164 valence electrons. The summed E-state index contributed by atoms with van der Waals surface area (Å²) in [5.41, 5.74) is 8.91. The largest absolute Gasteiger partial charge is 0.489 e. The number of ether oxygens (including phenoxy) is 2. The standard InChI is InChI=1S/C24H25N5O3/c1-17(18-9-11-26-12-10-18)29(24(25)30)20-8-7-19-16-28(27-21(19)15-20)22-5-3-4-6-23(22)32-14-13-31-2/h3-12,15-17H,13-14H2,1-2H3,(H2,25,30). The Labute approximate surface area is 186 Å². The molecule has 2 heterocycles. The van der Waals surface area contributed by atoms with Crippen LogP contribution in [-0.4, -0.2) is 41.1 Å². The molecule has 0 saturated heterocycles. The molecule has 4 rings (SSSR count). The van der Waals surface area contributed by atoms with Crippen molar-refractivity contribution < 1.29 is 14.3 Å². The molecule has 2 N–H and O–H groups in total. The number of hydrogen-bond acceptors (Lipinski definition) is 5. The van der Waals surface area contributed by atoms with Crippen molar-refractivity contribution in [3.63, 3.8) is 0 Å². The van der Waals surface area contributed by atoms with Gasteiger partial charge in [0.2, 0.25) is 0 Å². The second-order valence-electron chi connectivity index (χ2n) is 7.29. The van der Waals surface area contributed by atoms with Crippen LogP contribution < -0.4 is 15.4 Å². The zero-order chi connectivity index (χ0) is 22.5. The van der Waals surface area contributed by atoms with E-state index in [9.17, 15) is 4.79 Å². The van der Waals surface area contributed by atoms with Gasteiger partial charge in [-0.3, -0.25) is 9.88 Å². The van der Waals surface area contributed by atoms with Crippen LogP contribution in [0.1, 0.15) is 18.5 Å². The fraction of sp³-hybridized carbons (Fsp3) is 0.208. The molecule has 0 aliphatic carbocycles. The number of urea groups is 1. The Bertz CT molecular complexity index is 1210. The number of anilines is 1. The maximum absolute atomic E-state index is 12.3. The van der Waals surface area contributed by atoms with Gasteiger partial charge in [-0.15, -0.1) is 0 Å². The van der Waals surface area contributed by atoms with E-state index in [4.69, 9.17) is 20.3 Å². The van der Waals surface area contributed by atoms with Gasteiger partial charge in [0.15, 0.2) is 0 Å². The Hall–Kier alpha value is -3.91. The lowest BCUT2D eigenvalue weighted by atomic mass is 10.1. The molecule has 0 saturated carbocycles. The Balaban J connectivity index is 1.68. The summed E-state index contributed by atoms with van der Waals surface area (Å²) in [6.45, 7) is 2.87. The van der Waals surface area contributed by atoms with Crippen molar-refractivity contribution in [2.24, 2.45) is 5.73 Å². The molecule has 2 aromatic heterocycles. The second-order valence-corrected chi connectivity index (χ2v) is 7.29. The summed E-state index contributed by atoms with van der Waals surface area (Å²) in [5, 5.41) is 5.65. The Morgan fingerprint density at radius 2 is 1.91 bits per heavy atom. The first-order chi connectivity index (χ1) is 15.6. The highest BCUT2D eigenvalue weighted by Crippen LogP contribution is 2.30. The Kier molecular flexibility index (Phi) is 6.32. The SMILES string of the molecule is COCCOc1ccccc1-n1cc2ccc(N(C(N)=O)C(C)c3ccncc3)cc2n1. The smallest absolute Gasteiger partial charge is 0.319 e. The number of primary amides is 1. The molecule has 0 fully saturated rings. The van der Waals surface area contributed by atoms with E-state index in [1.54, 1.807) is 29.1 Å². The van der Waals surface area contributed by atoms with Gasteiger partial charge >= 0.3 is 6.03 Å². The van der Waals surface area contributed by atoms with Gasteiger partial charge in [0, 0.05) is 36.8 Å². The van der Waals surface area contributed by atoms with Crippen LogP contribution in [0.2, 0.25) is 0 Å². The quantitative estimate of drug-likeness (QED) is 0.424. The number of amides is 2. The normalized spacial score (nSPS) is 11.9. The summed E-state index contributed by atoms with van der Waals surface area (Å²) in [4.78, 5) is 17.9. The third kappa shape index (κ3) is 4.40. The van der Waals surface area contributed by atoms with Crippen molar-refractivity contribution in [2.75, 3.05) is 25.2 Å². The number of nitrogens with zero attached hydrogens (tertiary/aromatic N) is 4. The van der Waals surface area contributed by atoms with Gasteiger partial charge in [0.05, 0.1) is 18.2 Å². The average Bonchev–Trinajstić information content (AvgIpc) is 3.23. The van der Waals surface area contributed by atoms with Gasteiger partial charge in [-0.25, -0.2) is 9.48 Å². The molecule has 0 aliphatic heterocycles. The molecule has 0 spiro atoms. The zero-order valence-corrected chi connectivity index (χ0v) is 18.0. The summed E-state index contributed by atoms with van der Waals surface area (Å²) in [5.74, 6) is 0.711. The predicted molar refractivity (Wildman–Crippen MR) is 123 cm³/mol. The summed E-state index contributed by atoms with van der Waals surface area (Å²) in [7, 11) is 1.64. The highest BCUT2D eigenvalue weighted by Gasteiger charge is 2.22. The van der Waals surface area contributed by atoms with E-state index in [0.29, 0.717) is 24.7 Å². The molecule has 32 heavy (non-hydrogen) atoms. The molecule has 0 radical (unpaired) electrons. The van der Waals surface area contributed by atoms with Gasteiger partial charge in [0.25, 0.3) is 0 Å². The number of hydrogen-bond donors (Lipinski definition) is 1. The topological polar surface area (TPSA) is 95.5 Å². The molecule has 1 unspecified atom stereocenters. The van der Waals surface area contributed by atoms with Crippen LogP contribution in [-0.2, 0) is 4.74 Å². The first-order valence-corrected chi connectivity index (χ1v) is 10.3. The number of pyridine rings is 1. The van der Waals surface area contributed by atoms with E-state index in [1.165, 1.54) is 0 Å². The molecule has 1 atom stereocenters. The molecular weight excluding hydrogens is 406 g/mol. The predicted octanol–water partition coefficient (Wildman–Crippen LogP) is 4.09. The first kappa shape index (κ1) is 21.3. The van der Waals surface area contributed by atoms with Crippen molar-refractivity contribution in [2.45, 2.75) is 13.0 Å². The van der Waals surface area contributed by atoms with Crippen molar-refractivity contribution in [3.8, 4) is 11.4 Å². The molecular formula is C24H25N5O3. The van der Waals surface area contributed by atoms with Crippen LogP contribution in [0.25, 0.3) is 16.6 Å². The maximum Gasteiger partial charge on any atom is 0.319 e. The van der Waals surface area contributed by atoms with Crippen LogP contribution in [0, 0.1) is 0 Å². The highest BCUT2D eigenvalue weighted by atomic mass is 16.5. The van der Waals surface area contributed by atoms with Crippen LogP contribution >= 0.6 is 0 Å². The van der Waals surface area contributed by atoms with Gasteiger partial charge in [-0.2, -0.15) is 5.10 Å². The average molecular weight is 431 g/mol. The lowest BCUT2D eigenvalue weighted by Gasteiger charge is -2.27. The van der Waals surface area contributed by atoms with Gasteiger partial charge in [-0.1, -0.05) is 12.1 Å². The minimum Gasteiger partial charge on any atom is -0.489 e. The van der Waals surface area contributed by atoms with Crippen LogP contribution in [0.15, 0.2) is 73.2 Å². The number of nitrogens with two attached hydrogens (primary N) is 1. The number of benzene rings is 2. The summed E-state index contributed by atoms with van der Waals surface area (Å²) >= 11 is 0. The summed E-state index contributed by atoms with van der Waals surface area (Å²) in [6, 6.07) is 16.3. The molecule has 2 amide bonds. The number of carbonyl (C=O) groups is 1. The van der Waals surface area contributed by atoms with Crippen molar-refractivity contribution >= 4 is 22.6 Å². The molecule has 8 heteroatoms. The Morgan fingerprint density at radius 1 is 1.12 bits per heavy atom. The molecule has 2 aromatic carbocycles. The van der Waals surface area contributed by atoms with E-state index in [2.05, 4.69) is 4.98 Å². The zero-order valence-electron chi connectivity index (χ0n) is 18.0. The number of methoxy groups -OCH3 is 1. The Morgan fingerprint density at radius 3 is 2.66 bits per heavy atom. The summed E-state index contributed by atoms with van der Waals surface area (Å²) in [6.07, 6.45) is 5.32. The fourth-order valence-corrected chi connectivity index (χ4v) is 3.61. The molecule has 4 aromatic rings. The van der Waals surface area contributed by atoms with Gasteiger partial charge in [0.1, 0.15) is 18.0 Å². The van der Waals surface area contributed by atoms with E-state index in [1.807, 2.05) is 67.7 Å². The first-order valence-electron chi connectivity index (χ1n) is 10.3. The van der Waals surface area contributed by atoms with Crippen molar-refractivity contribution in [3.05, 3.63) is 78.8 Å². The van der Waals surface area contributed by atoms with Gasteiger partial charge < -0.3 is 15.2 Å². The lowest BCUT2D eigenvalue weighted by molar-refractivity contribution is 0.146. The van der Waals surface area contributed by atoms with Crippen molar-refractivity contribution in [1.82, 2.24) is 14.8 Å². The third-order valence-corrected chi connectivity index (χ3v) is 5.24. The monoisotopic (exact) mass is 431 g/mol. The van der Waals surface area contributed by atoms with E-state index < -0.39 is 6.03 Å².